The highest BCUT2D eigenvalue weighted by Crippen LogP contribution is 2.29. The number of hydrogen-bond donors (Lipinski definition) is 0. The Balaban J connectivity index is 1.38. The van der Waals surface area contributed by atoms with Crippen LogP contribution in [-0.2, 0) is 6.54 Å². The summed E-state index contributed by atoms with van der Waals surface area (Å²) in [5, 5.41) is 8.84. The van der Waals surface area contributed by atoms with E-state index in [0.717, 1.165) is 50.2 Å². The molecule has 2 aliphatic carbocycles. The number of halogens is 1. The molecule has 0 amide bonds. The van der Waals surface area contributed by atoms with Gasteiger partial charge in [0.15, 0.2) is 5.82 Å². The van der Waals surface area contributed by atoms with Gasteiger partial charge in [-0.1, -0.05) is 55.3 Å². The summed E-state index contributed by atoms with van der Waals surface area (Å²) in [6, 6.07) is 11.2. The fourth-order valence-electron chi connectivity index (χ4n) is 5.25. The van der Waals surface area contributed by atoms with Crippen molar-refractivity contribution in [1.29, 1.82) is 0 Å². The molecule has 1 aliphatic heterocycles. The Bertz CT molecular complexity index is 979. The number of piperazine rings is 1. The van der Waals surface area contributed by atoms with Gasteiger partial charge < -0.3 is 4.57 Å². The van der Waals surface area contributed by atoms with Crippen LogP contribution in [0.5, 0.6) is 0 Å². The average molecular weight is 434 g/mol. The summed E-state index contributed by atoms with van der Waals surface area (Å²) < 4.78 is 15.7. The Morgan fingerprint density at radius 3 is 2.53 bits per heavy atom. The Morgan fingerprint density at radius 1 is 1.03 bits per heavy atom. The summed E-state index contributed by atoms with van der Waals surface area (Å²) in [6.45, 7) is 4.96. The molecule has 1 aromatic heterocycles. The molecule has 0 radical (unpaired) electrons. The molecule has 1 atom stereocenters. The SMILES string of the molecule is FC1=CCC(=CC(c2nncn2Cc2ccccc2)N2CCN(C3CCCC3)CC2)C=C1. The number of aromatic nitrogens is 3. The number of benzene rings is 1. The van der Waals surface area contributed by atoms with Crippen LogP contribution in [-0.4, -0.2) is 56.8 Å². The molecule has 2 heterocycles. The Morgan fingerprint density at radius 2 is 1.81 bits per heavy atom. The third-order valence-corrected chi connectivity index (χ3v) is 7.05. The van der Waals surface area contributed by atoms with E-state index in [1.54, 1.807) is 12.2 Å². The monoisotopic (exact) mass is 433 g/mol. The second-order valence-corrected chi connectivity index (χ2v) is 9.13. The minimum Gasteiger partial charge on any atom is -0.311 e. The minimum atomic E-state index is -0.156. The van der Waals surface area contributed by atoms with Crippen molar-refractivity contribution in [3.8, 4) is 0 Å². The van der Waals surface area contributed by atoms with E-state index in [0.29, 0.717) is 6.42 Å². The van der Waals surface area contributed by atoms with Crippen LogP contribution in [0.1, 0.15) is 49.5 Å². The Labute approximate surface area is 189 Å². The molecule has 0 spiro atoms. The first-order valence-electron chi connectivity index (χ1n) is 11.9. The summed E-state index contributed by atoms with van der Waals surface area (Å²) in [5.74, 6) is 0.801. The van der Waals surface area contributed by atoms with E-state index in [9.17, 15) is 4.39 Å². The van der Waals surface area contributed by atoms with Crippen molar-refractivity contribution >= 4 is 0 Å². The van der Waals surface area contributed by atoms with Crippen molar-refractivity contribution in [1.82, 2.24) is 24.6 Å². The van der Waals surface area contributed by atoms with Crippen LogP contribution in [0.3, 0.4) is 0 Å². The summed E-state index contributed by atoms with van der Waals surface area (Å²) in [4.78, 5) is 5.20. The molecular weight excluding hydrogens is 401 g/mol. The summed E-state index contributed by atoms with van der Waals surface area (Å²) >= 11 is 0. The third kappa shape index (κ3) is 4.92. The van der Waals surface area contributed by atoms with Crippen molar-refractivity contribution < 1.29 is 4.39 Å². The average Bonchev–Trinajstić information content (AvgIpc) is 3.52. The van der Waals surface area contributed by atoms with Crippen LogP contribution in [0.2, 0.25) is 0 Å². The third-order valence-electron chi connectivity index (χ3n) is 7.05. The van der Waals surface area contributed by atoms with Crippen molar-refractivity contribution in [2.24, 2.45) is 0 Å². The maximum absolute atomic E-state index is 13.5. The highest BCUT2D eigenvalue weighted by atomic mass is 19.1. The smallest absolute Gasteiger partial charge is 0.154 e. The molecule has 1 unspecified atom stereocenters. The van der Waals surface area contributed by atoms with Crippen LogP contribution in [0.15, 0.2) is 72.4 Å². The molecule has 1 saturated carbocycles. The van der Waals surface area contributed by atoms with E-state index in [1.165, 1.54) is 31.2 Å². The lowest BCUT2D eigenvalue weighted by Gasteiger charge is -2.40. The van der Waals surface area contributed by atoms with Crippen LogP contribution in [0, 0.1) is 0 Å². The maximum Gasteiger partial charge on any atom is 0.154 e. The molecule has 0 N–H and O–H groups in total. The first-order chi connectivity index (χ1) is 15.8. The van der Waals surface area contributed by atoms with Crippen LogP contribution in [0.4, 0.5) is 4.39 Å². The van der Waals surface area contributed by atoms with E-state index in [-0.39, 0.29) is 11.9 Å². The van der Waals surface area contributed by atoms with Crippen molar-refractivity contribution in [3.63, 3.8) is 0 Å². The van der Waals surface area contributed by atoms with Gasteiger partial charge in [0.25, 0.3) is 0 Å². The lowest BCUT2D eigenvalue weighted by atomic mass is 10.0. The number of nitrogens with zero attached hydrogens (tertiary/aromatic N) is 5. The molecule has 0 bridgehead atoms. The maximum atomic E-state index is 13.5. The predicted molar refractivity (Wildman–Crippen MR) is 125 cm³/mol. The highest BCUT2D eigenvalue weighted by molar-refractivity contribution is 5.34. The second kappa shape index (κ2) is 9.92. The van der Waals surface area contributed by atoms with E-state index < -0.39 is 0 Å². The molecule has 3 aliphatic rings. The zero-order valence-electron chi connectivity index (χ0n) is 18.6. The van der Waals surface area contributed by atoms with Crippen LogP contribution in [0.25, 0.3) is 0 Å². The summed E-state index contributed by atoms with van der Waals surface area (Å²) in [6.07, 6.45) is 15.3. The van der Waals surface area contributed by atoms with Crippen molar-refractivity contribution in [2.75, 3.05) is 26.2 Å². The van der Waals surface area contributed by atoms with E-state index in [2.05, 4.69) is 54.9 Å². The first-order valence-corrected chi connectivity index (χ1v) is 11.9. The molecule has 6 heteroatoms. The normalized spacial score (nSPS) is 23.0. The molecule has 168 valence electrons. The van der Waals surface area contributed by atoms with Gasteiger partial charge in [0.2, 0.25) is 0 Å². The van der Waals surface area contributed by atoms with Gasteiger partial charge in [0.05, 0.1) is 12.6 Å². The molecule has 2 aromatic rings. The highest BCUT2D eigenvalue weighted by Gasteiger charge is 2.31. The fourth-order valence-corrected chi connectivity index (χ4v) is 5.25. The summed E-state index contributed by atoms with van der Waals surface area (Å²) in [7, 11) is 0. The zero-order chi connectivity index (χ0) is 21.8. The van der Waals surface area contributed by atoms with Gasteiger partial charge in [-0.2, -0.15) is 0 Å². The van der Waals surface area contributed by atoms with Crippen LogP contribution < -0.4 is 0 Å². The topological polar surface area (TPSA) is 37.2 Å². The standard InChI is InChI=1S/C26H32FN5/c27-23-12-10-21(11-13-23)18-25(31-16-14-30(15-17-31)24-8-4-5-9-24)26-29-28-20-32(26)19-22-6-2-1-3-7-22/h1-3,6-7,10,12-13,18,20,24-25H,4-5,8-9,11,14-17,19H2. The van der Waals surface area contributed by atoms with Gasteiger partial charge >= 0.3 is 0 Å². The fraction of sp³-hybridized carbons (Fsp3) is 0.462. The lowest BCUT2D eigenvalue weighted by Crippen LogP contribution is -2.50. The van der Waals surface area contributed by atoms with Gasteiger partial charge in [-0.05, 0) is 42.6 Å². The molecule has 2 fully saturated rings. The first kappa shape index (κ1) is 21.3. The van der Waals surface area contributed by atoms with Gasteiger partial charge in [-0.25, -0.2) is 4.39 Å². The Hall–Kier alpha value is -2.57. The second-order valence-electron chi connectivity index (χ2n) is 9.13. The number of rotatable bonds is 6. The Kier molecular flexibility index (Phi) is 6.60. The van der Waals surface area contributed by atoms with Crippen LogP contribution >= 0.6 is 0 Å². The molecular formula is C26H32FN5. The molecule has 5 rings (SSSR count). The zero-order valence-corrected chi connectivity index (χ0v) is 18.6. The predicted octanol–water partition coefficient (Wildman–Crippen LogP) is 4.67. The quantitative estimate of drug-likeness (QED) is 0.664. The van der Waals surface area contributed by atoms with Gasteiger partial charge in [0, 0.05) is 32.2 Å². The summed E-state index contributed by atoms with van der Waals surface area (Å²) in [5.41, 5.74) is 2.36. The molecule has 1 saturated heterocycles. The largest absolute Gasteiger partial charge is 0.311 e. The van der Waals surface area contributed by atoms with E-state index in [4.69, 9.17) is 0 Å². The van der Waals surface area contributed by atoms with Gasteiger partial charge in [-0.3, -0.25) is 9.80 Å². The lowest BCUT2D eigenvalue weighted by molar-refractivity contribution is 0.0791. The molecule has 1 aromatic carbocycles. The van der Waals surface area contributed by atoms with Crippen molar-refractivity contribution in [3.05, 3.63) is 83.8 Å². The molecule has 5 nitrogen and oxygen atoms in total. The van der Waals surface area contributed by atoms with Gasteiger partial charge in [0.1, 0.15) is 12.2 Å². The van der Waals surface area contributed by atoms with Crippen molar-refractivity contribution in [2.45, 2.75) is 50.7 Å². The number of hydrogen-bond acceptors (Lipinski definition) is 4. The van der Waals surface area contributed by atoms with E-state index >= 15 is 0 Å². The van der Waals surface area contributed by atoms with E-state index in [1.807, 2.05) is 18.5 Å². The van der Waals surface area contributed by atoms with Gasteiger partial charge in [-0.15, -0.1) is 10.2 Å². The minimum absolute atomic E-state index is 0.0288. The molecule has 32 heavy (non-hydrogen) atoms. The number of allylic oxidation sites excluding steroid dienone is 5.